The standard InChI is InChI=1S/C20H18F4N2/c21-15-2-4-16(5-3-15)26-12-18(13-7-9-25-10-8-13)17-11-14(20(22,23)24)1-6-19(17)26/h1-6,11-13,25H,7-10H2. The van der Waals surface area contributed by atoms with Crippen molar-refractivity contribution in [2.24, 2.45) is 0 Å². The zero-order chi connectivity index (χ0) is 18.3. The molecule has 0 atom stereocenters. The third kappa shape index (κ3) is 3.09. The fraction of sp³-hybridized carbons (Fsp3) is 0.300. The fourth-order valence-electron chi connectivity index (χ4n) is 3.71. The molecule has 0 spiro atoms. The largest absolute Gasteiger partial charge is 0.416 e. The van der Waals surface area contributed by atoms with Gasteiger partial charge in [-0.3, -0.25) is 0 Å². The minimum atomic E-state index is -4.38. The van der Waals surface area contributed by atoms with Gasteiger partial charge in [-0.05, 0) is 79.9 Å². The Kier molecular flexibility index (Phi) is 4.23. The maximum Gasteiger partial charge on any atom is 0.416 e. The van der Waals surface area contributed by atoms with Crippen LogP contribution in [0.1, 0.15) is 29.9 Å². The van der Waals surface area contributed by atoms with Crippen LogP contribution < -0.4 is 5.32 Å². The molecule has 0 saturated carbocycles. The van der Waals surface area contributed by atoms with Crippen molar-refractivity contribution in [3.8, 4) is 5.69 Å². The van der Waals surface area contributed by atoms with E-state index in [9.17, 15) is 17.6 Å². The van der Waals surface area contributed by atoms with E-state index in [4.69, 9.17) is 0 Å². The Morgan fingerprint density at radius 2 is 1.65 bits per heavy atom. The van der Waals surface area contributed by atoms with E-state index < -0.39 is 11.7 Å². The van der Waals surface area contributed by atoms with Crippen LogP contribution in [0.4, 0.5) is 17.6 Å². The number of rotatable bonds is 2. The van der Waals surface area contributed by atoms with Crippen molar-refractivity contribution in [1.29, 1.82) is 0 Å². The van der Waals surface area contributed by atoms with E-state index in [1.807, 2.05) is 10.8 Å². The zero-order valence-electron chi connectivity index (χ0n) is 14.0. The molecule has 2 heterocycles. The smallest absolute Gasteiger partial charge is 0.317 e. The van der Waals surface area contributed by atoms with Gasteiger partial charge in [-0.25, -0.2) is 4.39 Å². The van der Waals surface area contributed by atoms with Crippen LogP contribution in [0.25, 0.3) is 16.6 Å². The molecule has 26 heavy (non-hydrogen) atoms. The second-order valence-electron chi connectivity index (χ2n) is 6.68. The Balaban J connectivity index is 1.91. The number of piperidine rings is 1. The Morgan fingerprint density at radius 3 is 2.31 bits per heavy atom. The average Bonchev–Trinajstić information content (AvgIpc) is 3.01. The molecule has 1 aliphatic heterocycles. The maximum atomic E-state index is 13.3. The van der Waals surface area contributed by atoms with Crippen LogP contribution in [-0.4, -0.2) is 17.7 Å². The number of fused-ring (bicyclic) bond motifs is 1. The molecule has 1 aromatic heterocycles. The fourth-order valence-corrected chi connectivity index (χ4v) is 3.71. The lowest BCUT2D eigenvalue weighted by molar-refractivity contribution is -0.137. The van der Waals surface area contributed by atoms with Crippen LogP contribution in [0.15, 0.2) is 48.7 Å². The molecule has 1 N–H and O–H groups in total. The average molecular weight is 362 g/mol. The predicted octanol–water partition coefficient (Wildman–Crippen LogP) is 5.26. The van der Waals surface area contributed by atoms with Gasteiger partial charge < -0.3 is 9.88 Å². The van der Waals surface area contributed by atoms with Crippen molar-refractivity contribution in [1.82, 2.24) is 9.88 Å². The molecule has 0 amide bonds. The molecule has 136 valence electrons. The first kappa shape index (κ1) is 17.1. The first-order chi connectivity index (χ1) is 12.4. The summed E-state index contributed by atoms with van der Waals surface area (Å²) in [5, 5.41) is 3.91. The number of nitrogens with zero attached hydrogens (tertiary/aromatic N) is 1. The van der Waals surface area contributed by atoms with Crippen LogP contribution >= 0.6 is 0 Å². The summed E-state index contributed by atoms with van der Waals surface area (Å²) in [6, 6.07) is 9.84. The summed E-state index contributed by atoms with van der Waals surface area (Å²) in [6.45, 7) is 1.71. The summed E-state index contributed by atoms with van der Waals surface area (Å²) in [7, 11) is 0. The van der Waals surface area contributed by atoms with Crippen LogP contribution in [0.2, 0.25) is 0 Å². The lowest BCUT2D eigenvalue weighted by Gasteiger charge is -2.22. The Labute approximate surface area is 148 Å². The number of hydrogen-bond donors (Lipinski definition) is 1. The molecule has 4 rings (SSSR count). The molecule has 1 fully saturated rings. The molecule has 3 aromatic rings. The van der Waals surface area contributed by atoms with Crippen molar-refractivity contribution in [2.45, 2.75) is 24.9 Å². The molecular weight excluding hydrogens is 344 g/mol. The van der Waals surface area contributed by atoms with Crippen molar-refractivity contribution >= 4 is 10.9 Å². The van der Waals surface area contributed by atoms with Crippen molar-refractivity contribution in [2.75, 3.05) is 13.1 Å². The Morgan fingerprint density at radius 1 is 0.962 bits per heavy atom. The third-order valence-electron chi connectivity index (χ3n) is 5.05. The second-order valence-corrected chi connectivity index (χ2v) is 6.68. The Bertz CT molecular complexity index is 919. The van der Waals surface area contributed by atoms with Gasteiger partial charge in [0.25, 0.3) is 0 Å². The Hall–Kier alpha value is -2.34. The number of benzene rings is 2. The quantitative estimate of drug-likeness (QED) is 0.616. The molecule has 2 nitrogen and oxygen atoms in total. The van der Waals surface area contributed by atoms with Gasteiger partial charge in [-0.1, -0.05) is 0 Å². The first-order valence-electron chi connectivity index (χ1n) is 8.62. The van der Waals surface area contributed by atoms with E-state index in [0.717, 1.165) is 43.2 Å². The summed E-state index contributed by atoms with van der Waals surface area (Å²) >= 11 is 0. The van der Waals surface area contributed by atoms with Crippen molar-refractivity contribution in [3.63, 3.8) is 0 Å². The van der Waals surface area contributed by atoms with E-state index in [1.54, 1.807) is 12.1 Å². The van der Waals surface area contributed by atoms with E-state index in [0.29, 0.717) is 10.9 Å². The predicted molar refractivity (Wildman–Crippen MR) is 93.1 cm³/mol. The van der Waals surface area contributed by atoms with Gasteiger partial charge in [-0.15, -0.1) is 0 Å². The second kappa shape index (κ2) is 6.43. The van der Waals surface area contributed by atoms with Gasteiger partial charge in [0, 0.05) is 17.3 Å². The van der Waals surface area contributed by atoms with Gasteiger partial charge in [0.05, 0.1) is 11.1 Å². The molecule has 0 bridgehead atoms. The van der Waals surface area contributed by atoms with Crippen LogP contribution in [-0.2, 0) is 6.18 Å². The summed E-state index contributed by atoms with van der Waals surface area (Å²) in [4.78, 5) is 0. The van der Waals surface area contributed by atoms with Gasteiger partial charge in [0.2, 0.25) is 0 Å². The lowest BCUT2D eigenvalue weighted by atomic mass is 9.89. The number of halogens is 4. The maximum absolute atomic E-state index is 13.3. The number of aromatic nitrogens is 1. The molecule has 2 aromatic carbocycles. The van der Waals surface area contributed by atoms with E-state index in [2.05, 4.69) is 5.32 Å². The molecule has 0 unspecified atom stereocenters. The molecular formula is C20H18F4N2. The highest BCUT2D eigenvalue weighted by atomic mass is 19.4. The summed E-state index contributed by atoms with van der Waals surface area (Å²) in [5.41, 5.74) is 1.73. The highest BCUT2D eigenvalue weighted by molar-refractivity contribution is 5.87. The van der Waals surface area contributed by atoms with Crippen LogP contribution in [0, 0.1) is 5.82 Å². The van der Waals surface area contributed by atoms with Gasteiger partial charge >= 0.3 is 6.18 Å². The molecule has 0 aliphatic carbocycles. The van der Waals surface area contributed by atoms with Crippen LogP contribution in [0.3, 0.4) is 0 Å². The van der Waals surface area contributed by atoms with Crippen LogP contribution in [0.5, 0.6) is 0 Å². The minimum Gasteiger partial charge on any atom is -0.317 e. The van der Waals surface area contributed by atoms with Gasteiger partial charge in [0.1, 0.15) is 5.82 Å². The van der Waals surface area contributed by atoms with Gasteiger partial charge in [0.15, 0.2) is 0 Å². The van der Waals surface area contributed by atoms with E-state index in [-0.39, 0.29) is 11.7 Å². The lowest BCUT2D eigenvalue weighted by Crippen LogP contribution is -2.26. The normalized spacial score (nSPS) is 16.3. The van der Waals surface area contributed by atoms with E-state index >= 15 is 0 Å². The van der Waals surface area contributed by atoms with E-state index in [1.165, 1.54) is 24.3 Å². The molecule has 0 radical (unpaired) electrons. The zero-order valence-corrected chi connectivity index (χ0v) is 14.0. The third-order valence-corrected chi connectivity index (χ3v) is 5.05. The monoisotopic (exact) mass is 362 g/mol. The highest BCUT2D eigenvalue weighted by Gasteiger charge is 2.31. The summed E-state index contributed by atoms with van der Waals surface area (Å²) in [6.07, 6.45) is -0.691. The summed E-state index contributed by atoms with van der Waals surface area (Å²) < 4.78 is 54.7. The number of alkyl halides is 3. The van der Waals surface area contributed by atoms with Crippen molar-refractivity contribution < 1.29 is 17.6 Å². The number of hydrogen-bond acceptors (Lipinski definition) is 1. The molecule has 1 aliphatic rings. The minimum absolute atomic E-state index is 0.212. The highest BCUT2D eigenvalue weighted by Crippen LogP contribution is 2.38. The summed E-state index contributed by atoms with van der Waals surface area (Å²) in [5.74, 6) is -0.132. The molecule has 1 saturated heterocycles. The number of nitrogens with one attached hydrogen (secondary N) is 1. The van der Waals surface area contributed by atoms with Crippen molar-refractivity contribution in [3.05, 3.63) is 65.6 Å². The molecule has 6 heteroatoms. The first-order valence-corrected chi connectivity index (χ1v) is 8.62. The topological polar surface area (TPSA) is 17.0 Å². The SMILES string of the molecule is Fc1ccc(-n2cc(C3CCNCC3)c3cc(C(F)(F)F)ccc32)cc1. The van der Waals surface area contributed by atoms with Gasteiger partial charge in [-0.2, -0.15) is 13.2 Å².